The molecule has 2 fully saturated rings. The third-order valence-corrected chi connectivity index (χ3v) is 5.47. The van der Waals surface area contributed by atoms with Crippen LogP contribution < -0.4 is 0 Å². The first kappa shape index (κ1) is 12.9. The van der Waals surface area contributed by atoms with E-state index in [0.717, 1.165) is 18.4 Å². The van der Waals surface area contributed by atoms with Gasteiger partial charge in [0.05, 0.1) is 0 Å². The summed E-state index contributed by atoms with van der Waals surface area (Å²) < 4.78 is 1.17. The van der Waals surface area contributed by atoms with Gasteiger partial charge in [0, 0.05) is 26.0 Å². The zero-order chi connectivity index (χ0) is 12.7. The summed E-state index contributed by atoms with van der Waals surface area (Å²) in [5.74, 6) is 0.221. The number of nitrogens with zero attached hydrogens (tertiary/aromatic N) is 1. The van der Waals surface area contributed by atoms with Gasteiger partial charge in [0.1, 0.15) is 0 Å². The lowest BCUT2D eigenvalue weighted by Crippen LogP contribution is -2.46. The molecule has 2 aliphatic rings. The summed E-state index contributed by atoms with van der Waals surface area (Å²) in [5.41, 5.74) is 0.834. The monoisotopic (exact) mass is 419 g/mol. The molecule has 2 bridgehead atoms. The van der Waals surface area contributed by atoms with E-state index in [1.807, 2.05) is 24.3 Å². The van der Waals surface area contributed by atoms with E-state index in [9.17, 15) is 4.79 Å². The lowest BCUT2D eigenvalue weighted by Gasteiger charge is -2.37. The van der Waals surface area contributed by atoms with Crippen molar-refractivity contribution >= 4 is 44.4 Å². The fourth-order valence-corrected chi connectivity index (χ4v) is 4.41. The van der Waals surface area contributed by atoms with Crippen LogP contribution >= 0.6 is 38.5 Å². The highest BCUT2D eigenvalue weighted by molar-refractivity contribution is 14.1. The molecule has 1 amide bonds. The molecule has 0 spiro atoms. The first-order valence-corrected chi connectivity index (χ1v) is 8.37. The molecule has 2 unspecified atom stereocenters. The Morgan fingerprint density at radius 3 is 2.28 bits per heavy atom. The van der Waals surface area contributed by atoms with Crippen LogP contribution in [0.2, 0.25) is 0 Å². The lowest BCUT2D eigenvalue weighted by atomic mass is 10.0. The molecule has 0 radical (unpaired) electrons. The van der Waals surface area contributed by atoms with Crippen molar-refractivity contribution in [3.8, 4) is 0 Å². The van der Waals surface area contributed by atoms with E-state index in [2.05, 4.69) is 43.4 Å². The second-order valence-corrected chi connectivity index (χ2v) is 7.71. The van der Waals surface area contributed by atoms with Crippen LogP contribution in [-0.2, 0) is 0 Å². The Hall–Kier alpha value is -0.100. The summed E-state index contributed by atoms with van der Waals surface area (Å²) in [4.78, 5) is 15.3. The summed E-state index contributed by atoms with van der Waals surface area (Å²) in [6, 6.07) is 8.80. The van der Waals surface area contributed by atoms with Gasteiger partial charge in [-0.05, 0) is 72.5 Å². The normalized spacial score (nSPS) is 30.6. The highest BCUT2D eigenvalue weighted by Gasteiger charge is 2.42. The summed E-state index contributed by atoms with van der Waals surface area (Å²) in [5, 5.41) is 0. The van der Waals surface area contributed by atoms with E-state index in [1.54, 1.807) is 0 Å². The molecule has 2 saturated heterocycles. The summed E-state index contributed by atoms with van der Waals surface area (Å²) in [7, 11) is 0. The van der Waals surface area contributed by atoms with Gasteiger partial charge in [-0.25, -0.2) is 0 Å². The third-order valence-electron chi connectivity index (χ3n) is 4.00. The molecule has 2 heterocycles. The van der Waals surface area contributed by atoms with Crippen LogP contribution in [0.5, 0.6) is 0 Å². The van der Waals surface area contributed by atoms with Gasteiger partial charge in [0.2, 0.25) is 0 Å². The standard InChI is InChI=1S/C14H15BrINO/c15-10-7-12-5-6-13(8-10)17(12)14(18)9-1-3-11(16)4-2-9/h1-4,10,12-13H,5-8H2. The Kier molecular flexibility index (Phi) is 3.67. The number of alkyl halides is 1. The van der Waals surface area contributed by atoms with Crippen LogP contribution in [-0.4, -0.2) is 27.7 Å². The average molecular weight is 420 g/mol. The SMILES string of the molecule is O=C(c1ccc(I)cc1)N1C2CCC1CC(Br)C2. The van der Waals surface area contributed by atoms with Crippen molar-refractivity contribution in [1.29, 1.82) is 0 Å². The topological polar surface area (TPSA) is 20.3 Å². The van der Waals surface area contributed by atoms with E-state index >= 15 is 0 Å². The van der Waals surface area contributed by atoms with E-state index < -0.39 is 0 Å². The minimum Gasteiger partial charge on any atom is -0.333 e. The van der Waals surface area contributed by atoms with Gasteiger partial charge in [0.25, 0.3) is 5.91 Å². The number of rotatable bonds is 1. The van der Waals surface area contributed by atoms with E-state index in [1.165, 1.54) is 16.4 Å². The van der Waals surface area contributed by atoms with Gasteiger partial charge in [0.15, 0.2) is 0 Å². The van der Waals surface area contributed by atoms with Gasteiger partial charge in [-0.3, -0.25) is 4.79 Å². The number of halogens is 2. The van der Waals surface area contributed by atoms with Crippen LogP contribution in [0, 0.1) is 3.57 Å². The second kappa shape index (κ2) is 5.12. The summed E-state index contributed by atoms with van der Waals surface area (Å²) in [6.07, 6.45) is 4.55. The van der Waals surface area contributed by atoms with Crippen LogP contribution in [0.15, 0.2) is 24.3 Å². The molecule has 2 nitrogen and oxygen atoms in total. The zero-order valence-corrected chi connectivity index (χ0v) is 13.7. The van der Waals surface area contributed by atoms with E-state index in [0.29, 0.717) is 16.9 Å². The maximum Gasteiger partial charge on any atom is 0.254 e. The molecular formula is C14H15BrINO. The fraction of sp³-hybridized carbons (Fsp3) is 0.500. The molecule has 18 heavy (non-hydrogen) atoms. The molecule has 4 heteroatoms. The van der Waals surface area contributed by atoms with Gasteiger partial charge >= 0.3 is 0 Å². The highest BCUT2D eigenvalue weighted by atomic mass is 127. The Morgan fingerprint density at radius 1 is 1.17 bits per heavy atom. The minimum absolute atomic E-state index is 0.221. The maximum atomic E-state index is 12.6. The lowest BCUT2D eigenvalue weighted by molar-refractivity contribution is 0.0603. The van der Waals surface area contributed by atoms with Crippen molar-refractivity contribution < 1.29 is 4.79 Å². The highest BCUT2D eigenvalue weighted by Crippen LogP contribution is 2.39. The van der Waals surface area contributed by atoms with Gasteiger partial charge in [-0.2, -0.15) is 0 Å². The number of fused-ring (bicyclic) bond motifs is 2. The molecule has 0 saturated carbocycles. The first-order valence-electron chi connectivity index (χ1n) is 6.37. The average Bonchev–Trinajstić information content (AvgIpc) is 2.62. The van der Waals surface area contributed by atoms with Crippen molar-refractivity contribution in [3.05, 3.63) is 33.4 Å². The third kappa shape index (κ3) is 2.33. The smallest absolute Gasteiger partial charge is 0.254 e. The molecule has 0 aromatic heterocycles. The summed E-state index contributed by atoms with van der Waals surface area (Å²) >= 11 is 5.98. The number of benzene rings is 1. The Bertz CT molecular complexity index is 447. The van der Waals surface area contributed by atoms with Crippen molar-refractivity contribution in [2.45, 2.75) is 42.6 Å². The van der Waals surface area contributed by atoms with Gasteiger partial charge in [-0.15, -0.1) is 0 Å². The van der Waals surface area contributed by atoms with Gasteiger partial charge < -0.3 is 4.90 Å². The number of hydrogen-bond donors (Lipinski definition) is 0. The predicted molar refractivity (Wildman–Crippen MR) is 84.1 cm³/mol. The molecule has 3 rings (SSSR count). The van der Waals surface area contributed by atoms with Crippen molar-refractivity contribution in [2.24, 2.45) is 0 Å². The molecule has 2 atom stereocenters. The second-order valence-electron chi connectivity index (χ2n) is 5.17. The van der Waals surface area contributed by atoms with Crippen LogP contribution in [0.3, 0.4) is 0 Å². The predicted octanol–water partition coefficient (Wildman–Crippen LogP) is 3.82. The molecule has 1 aromatic carbocycles. The maximum absolute atomic E-state index is 12.6. The quantitative estimate of drug-likeness (QED) is 0.500. The largest absolute Gasteiger partial charge is 0.333 e. The number of carbonyl (C=O) groups excluding carboxylic acids is 1. The molecule has 0 aliphatic carbocycles. The number of amides is 1. The Morgan fingerprint density at radius 2 is 1.72 bits per heavy atom. The van der Waals surface area contributed by atoms with Crippen LogP contribution in [0.4, 0.5) is 0 Å². The van der Waals surface area contributed by atoms with Crippen molar-refractivity contribution in [2.75, 3.05) is 0 Å². The van der Waals surface area contributed by atoms with Crippen molar-refractivity contribution in [1.82, 2.24) is 4.90 Å². The number of carbonyl (C=O) groups is 1. The number of hydrogen-bond acceptors (Lipinski definition) is 1. The molecule has 96 valence electrons. The Labute approximate surface area is 129 Å². The zero-order valence-electron chi connectivity index (χ0n) is 9.98. The van der Waals surface area contributed by atoms with Crippen LogP contribution in [0.1, 0.15) is 36.0 Å². The molecular weight excluding hydrogens is 405 g/mol. The van der Waals surface area contributed by atoms with Crippen LogP contribution in [0.25, 0.3) is 0 Å². The van der Waals surface area contributed by atoms with E-state index in [4.69, 9.17) is 0 Å². The first-order chi connectivity index (χ1) is 8.65. The van der Waals surface area contributed by atoms with Crippen molar-refractivity contribution in [3.63, 3.8) is 0 Å². The van der Waals surface area contributed by atoms with Gasteiger partial charge in [-0.1, -0.05) is 15.9 Å². The van der Waals surface area contributed by atoms with E-state index in [-0.39, 0.29) is 5.91 Å². The molecule has 0 N–H and O–H groups in total. The fourth-order valence-electron chi connectivity index (χ4n) is 3.18. The number of piperidine rings is 1. The Balaban J connectivity index is 1.83. The minimum atomic E-state index is 0.221. The summed E-state index contributed by atoms with van der Waals surface area (Å²) in [6.45, 7) is 0. The molecule has 1 aromatic rings. The molecule has 2 aliphatic heterocycles.